The summed E-state index contributed by atoms with van der Waals surface area (Å²) >= 11 is 0. The average molecular weight is 124 g/mol. The van der Waals surface area contributed by atoms with Crippen molar-refractivity contribution in [2.75, 3.05) is 0 Å². The monoisotopic (exact) mass is 124 g/mol. The summed E-state index contributed by atoms with van der Waals surface area (Å²) in [5.41, 5.74) is 0.365. The number of hydrogen-bond acceptors (Lipinski definition) is 0. The first kappa shape index (κ1) is 8.48. The molecule has 0 bridgehead atoms. The zero-order valence-electron chi connectivity index (χ0n) is 6.48. The van der Waals surface area contributed by atoms with Crippen LogP contribution in [0.2, 0.25) is 0 Å². The molecule has 0 aliphatic rings. The lowest BCUT2D eigenvalue weighted by Crippen LogP contribution is -2.07. The van der Waals surface area contributed by atoms with Crippen LogP contribution in [-0.4, -0.2) is 0 Å². The molecule has 52 valence electrons. The van der Waals surface area contributed by atoms with Gasteiger partial charge in [0.05, 0.1) is 0 Å². The Morgan fingerprint density at radius 1 is 1.11 bits per heavy atom. The van der Waals surface area contributed by atoms with Crippen molar-refractivity contribution >= 4 is 0 Å². The topological polar surface area (TPSA) is 0 Å². The van der Waals surface area contributed by atoms with Gasteiger partial charge in [0, 0.05) is 0 Å². The lowest BCUT2D eigenvalue weighted by Gasteiger charge is -2.19. The molecule has 0 aliphatic heterocycles. The molecule has 0 aromatic rings. The molecular formula is C9H16. The molecule has 0 heterocycles. The van der Waals surface area contributed by atoms with Crippen LogP contribution in [0.15, 0.2) is 25.3 Å². The van der Waals surface area contributed by atoms with Crippen LogP contribution >= 0.6 is 0 Å². The van der Waals surface area contributed by atoms with E-state index in [1.807, 2.05) is 12.2 Å². The number of rotatable bonds is 4. The van der Waals surface area contributed by atoms with Crippen molar-refractivity contribution in [3.8, 4) is 0 Å². The van der Waals surface area contributed by atoms with Crippen LogP contribution < -0.4 is 0 Å². The van der Waals surface area contributed by atoms with E-state index < -0.39 is 0 Å². The molecule has 0 nitrogen and oxygen atoms in total. The first-order chi connectivity index (χ1) is 4.12. The molecule has 0 N–H and O–H groups in total. The SMILES string of the molecule is C=CCC(C)(C)CC=C. The number of allylic oxidation sites excluding steroid dienone is 2. The molecule has 0 aliphatic carbocycles. The zero-order valence-corrected chi connectivity index (χ0v) is 6.48. The molecule has 0 aromatic carbocycles. The highest BCUT2D eigenvalue weighted by molar-refractivity contribution is 4.85. The van der Waals surface area contributed by atoms with Crippen molar-refractivity contribution in [1.29, 1.82) is 0 Å². The van der Waals surface area contributed by atoms with Gasteiger partial charge in [0.15, 0.2) is 0 Å². The molecular weight excluding hydrogens is 108 g/mol. The Balaban J connectivity index is 3.68. The highest BCUT2D eigenvalue weighted by Gasteiger charge is 2.12. The number of hydrogen-bond donors (Lipinski definition) is 0. The van der Waals surface area contributed by atoms with E-state index in [2.05, 4.69) is 27.0 Å². The van der Waals surface area contributed by atoms with Gasteiger partial charge in [-0.15, -0.1) is 13.2 Å². The fourth-order valence-electron chi connectivity index (χ4n) is 0.865. The van der Waals surface area contributed by atoms with Crippen LogP contribution in [0, 0.1) is 5.41 Å². The summed E-state index contributed by atoms with van der Waals surface area (Å²) in [4.78, 5) is 0. The maximum atomic E-state index is 3.69. The molecule has 0 heteroatoms. The van der Waals surface area contributed by atoms with Gasteiger partial charge in [0.2, 0.25) is 0 Å². The normalized spacial score (nSPS) is 10.9. The third-order valence-corrected chi connectivity index (χ3v) is 1.39. The Bertz CT molecular complexity index is 86.6. The molecule has 0 amide bonds. The van der Waals surface area contributed by atoms with E-state index in [0.29, 0.717) is 5.41 Å². The van der Waals surface area contributed by atoms with Gasteiger partial charge < -0.3 is 0 Å². The van der Waals surface area contributed by atoms with E-state index in [0.717, 1.165) is 12.8 Å². The van der Waals surface area contributed by atoms with Crippen molar-refractivity contribution < 1.29 is 0 Å². The quantitative estimate of drug-likeness (QED) is 0.505. The molecule has 0 saturated heterocycles. The average Bonchev–Trinajstić information content (AvgIpc) is 1.64. The van der Waals surface area contributed by atoms with E-state index in [9.17, 15) is 0 Å². The van der Waals surface area contributed by atoms with E-state index >= 15 is 0 Å². The molecule has 0 spiro atoms. The van der Waals surface area contributed by atoms with Crippen molar-refractivity contribution in [1.82, 2.24) is 0 Å². The van der Waals surface area contributed by atoms with Crippen molar-refractivity contribution in [2.24, 2.45) is 5.41 Å². The summed E-state index contributed by atoms with van der Waals surface area (Å²) < 4.78 is 0. The van der Waals surface area contributed by atoms with Crippen molar-refractivity contribution in [3.63, 3.8) is 0 Å². The fraction of sp³-hybridized carbons (Fsp3) is 0.556. The largest absolute Gasteiger partial charge is 0.103 e. The highest BCUT2D eigenvalue weighted by Crippen LogP contribution is 2.24. The second-order valence-corrected chi connectivity index (χ2v) is 3.15. The fourth-order valence-corrected chi connectivity index (χ4v) is 0.865. The molecule has 0 atom stereocenters. The Morgan fingerprint density at radius 2 is 1.44 bits per heavy atom. The Labute approximate surface area is 58.3 Å². The lowest BCUT2D eigenvalue weighted by molar-refractivity contribution is 0.377. The van der Waals surface area contributed by atoms with Gasteiger partial charge >= 0.3 is 0 Å². The Morgan fingerprint density at radius 3 is 1.67 bits per heavy atom. The minimum Gasteiger partial charge on any atom is -0.103 e. The van der Waals surface area contributed by atoms with Crippen molar-refractivity contribution in [3.05, 3.63) is 25.3 Å². The van der Waals surface area contributed by atoms with Crippen LogP contribution in [0.5, 0.6) is 0 Å². The van der Waals surface area contributed by atoms with Crippen LogP contribution in [0.25, 0.3) is 0 Å². The zero-order chi connectivity index (χ0) is 7.33. The first-order valence-electron chi connectivity index (χ1n) is 3.34. The van der Waals surface area contributed by atoms with Gasteiger partial charge in [-0.3, -0.25) is 0 Å². The molecule has 0 aromatic heterocycles. The van der Waals surface area contributed by atoms with Crippen LogP contribution in [-0.2, 0) is 0 Å². The second kappa shape index (κ2) is 3.49. The molecule has 0 saturated carbocycles. The summed E-state index contributed by atoms with van der Waals surface area (Å²) in [6.07, 6.45) is 6.06. The predicted molar refractivity (Wildman–Crippen MR) is 43.4 cm³/mol. The van der Waals surface area contributed by atoms with E-state index in [4.69, 9.17) is 0 Å². The van der Waals surface area contributed by atoms with Crippen LogP contribution in [0.4, 0.5) is 0 Å². The third-order valence-electron chi connectivity index (χ3n) is 1.39. The summed E-state index contributed by atoms with van der Waals surface area (Å²) in [6.45, 7) is 11.8. The molecule has 0 fully saturated rings. The van der Waals surface area contributed by atoms with Gasteiger partial charge in [-0.05, 0) is 18.3 Å². The summed E-state index contributed by atoms with van der Waals surface area (Å²) in [6, 6.07) is 0. The van der Waals surface area contributed by atoms with Crippen molar-refractivity contribution in [2.45, 2.75) is 26.7 Å². The van der Waals surface area contributed by atoms with Crippen LogP contribution in [0.3, 0.4) is 0 Å². The Hall–Kier alpha value is -0.520. The third kappa shape index (κ3) is 4.01. The summed E-state index contributed by atoms with van der Waals surface area (Å²) in [5.74, 6) is 0. The molecule has 0 rings (SSSR count). The minimum atomic E-state index is 0.365. The minimum absolute atomic E-state index is 0.365. The molecule has 0 radical (unpaired) electrons. The van der Waals surface area contributed by atoms with E-state index in [1.54, 1.807) is 0 Å². The maximum absolute atomic E-state index is 3.69. The van der Waals surface area contributed by atoms with E-state index in [1.165, 1.54) is 0 Å². The lowest BCUT2D eigenvalue weighted by atomic mass is 9.86. The summed E-state index contributed by atoms with van der Waals surface area (Å²) in [5, 5.41) is 0. The van der Waals surface area contributed by atoms with Gasteiger partial charge in [-0.25, -0.2) is 0 Å². The Kier molecular flexibility index (Phi) is 3.29. The van der Waals surface area contributed by atoms with Gasteiger partial charge in [-0.2, -0.15) is 0 Å². The maximum Gasteiger partial charge on any atom is -0.0285 e. The second-order valence-electron chi connectivity index (χ2n) is 3.15. The first-order valence-corrected chi connectivity index (χ1v) is 3.34. The predicted octanol–water partition coefficient (Wildman–Crippen LogP) is 3.16. The molecule has 0 unspecified atom stereocenters. The van der Waals surface area contributed by atoms with Gasteiger partial charge in [-0.1, -0.05) is 26.0 Å². The van der Waals surface area contributed by atoms with Crippen LogP contribution in [0.1, 0.15) is 26.7 Å². The van der Waals surface area contributed by atoms with E-state index in [-0.39, 0.29) is 0 Å². The summed E-state index contributed by atoms with van der Waals surface area (Å²) in [7, 11) is 0. The standard InChI is InChI=1S/C9H16/c1-5-7-9(3,4)8-6-2/h5-6H,1-2,7-8H2,3-4H3. The smallest absolute Gasteiger partial charge is 0.0285 e. The van der Waals surface area contributed by atoms with Gasteiger partial charge in [0.1, 0.15) is 0 Å². The molecule has 9 heavy (non-hydrogen) atoms. The highest BCUT2D eigenvalue weighted by atomic mass is 14.2. The van der Waals surface area contributed by atoms with Gasteiger partial charge in [0.25, 0.3) is 0 Å².